The fourth-order valence-electron chi connectivity index (χ4n) is 1.59. The van der Waals surface area contributed by atoms with Crippen LogP contribution in [0.3, 0.4) is 0 Å². The van der Waals surface area contributed by atoms with E-state index in [1.165, 1.54) is 0 Å². The highest BCUT2D eigenvalue weighted by Crippen LogP contribution is 2.08. The predicted octanol–water partition coefficient (Wildman–Crippen LogP) is 2.01. The van der Waals surface area contributed by atoms with Crippen LogP contribution in [-0.4, -0.2) is 25.5 Å². The Morgan fingerprint density at radius 1 is 1.18 bits per heavy atom. The lowest BCUT2D eigenvalue weighted by atomic mass is 10.0. The molecule has 1 aromatic carbocycles. The van der Waals surface area contributed by atoms with Crippen LogP contribution in [0.15, 0.2) is 24.3 Å². The molecule has 0 atom stereocenters. The first-order valence-corrected chi connectivity index (χ1v) is 5.86. The molecule has 0 radical (unpaired) electrons. The third-order valence-corrected chi connectivity index (χ3v) is 2.48. The van der Waals surface area contributed by atoms with Crippen LogP contribution in [0.2, 0.25) is 0 Å². The molecule has 1 amide bonds. The van der Waals surface area contributed by atoms with Gasteiger partial charge in [0.15, 0.2) is 0 Å². The largest absolute Gasteiger partial charge is 0.351 e. The zero-order chi connectivity index (χ0) is 11.8. The quantitative estimate of drug-likeness (QED) is 0.765. The summed E-state index contributed by atoms with van der Waals surface area (Å²) in [6.07, 6.45) is 0.886. The molecule has 2 N–H and O–H groups in total. The van der Waals surface area contributed by atoms with Crippen LogP contribution in [0.1, 0.15) is 29.8 Å². The molecule has 0 aliphatic carbocycles. The molecule has 1 aromatic rings. The number of halogens is 1. The standard InChI is InChI=1S/C13H20N2O.ClH/c1-3-11-7-5-6-8-12(11)13(16)15-10-9-14-4-2;/h5-8,14H,3-4,9-10H2,1-2H3,(H,15,16);1H. The van der Waals surface area contributed by atoms with Gasteiger partial charge in [-0.3, -0.25) is 4.79 Å². The molecule has 0 heterocycles. The number of hydrogen-bond acceptors (Lipinski definition) is 2. The normalized spacial score (nSPS) is 9.53. The molecule has 0 spiro atoms. The summed E-state index contributed by atoms with van der Waals surface area (Å²) < 4.78 is 0. The molecule has 0 aromatic heterocycles. The van der Waals surface area contributed by atoms with Gasteiger partial charge in [0, 0.05) is 18.7 Å². The molecule has 0 bridgehead atoms. The van der Waals surface area contributed by atoms with Crippen LogP contribution in [0.5, 0.6) is 0 Å². The molecule has 0 aliphatic heterocycles. The smallest absolute Gasteiger partial charge is 0.251 e. The Morgan fingerprint density at radius 2 is 1.88 bits per heavy atom. The van der Waals surface area contributed by atoms with E-state index in [0.717, 1.165) is 30.6 Å². The van der Waals surface area contributed by atoms with Crippen molar-refractivity contribution in [2.24, 2.45) is 0 Å². The molecule has 0 saturated heterocycles. The second-order valence-electron chi connectivity index (χ2n) is 3.62. The highest BCUT2D eigenvalue weighted by Gasteiger charge is 2.08. The molecule has 96 valence electrons. The maximum absolute atomic E-state index is 11.8. The monoisotopic (exact) mass is 256 g/mol. The van der Waals surface area contributed by atoms with Gasteiger partial charge in [-0.25, -0.2) is 0 Å². The summed E-state index contributed by atoms with van der Waals surface area (Å²) in [5, 5.41) is 6.08. The molecule has 0 unspecified atom stereocenters. The topological polar surface area (TPSA) is 41.1 Å². The van der Waals surface area contributed by atoms with Gasteiger partial charge in [-0.2, -0.15) is 0 Å². The third-order valence-electron chi connectivity index (χ3n) is 2.48. The van der Waals surface area contributed by atoms with Crippen molar-refractivity contribution in [3.05, 3.63) is 35.4 Å². The van der Waals surface area contributed by atoms with Crippen molar-refractivity contribution in [1.82, 2.24) is 10.6 Å². The summed E-state index contributed by atoms with van der Waals surface area (Å²) in [4.78, 5) is 11.8. The Hall–Kier alpha value is -1.06. The average Bonchev–Trinajstić information content (AvgIpc) is 2.34. The maximum Gasteiger partial charge on any atom is 0.251 e. The second-order valence-corrected chi connectivity index (χ2v) is 3.62. The first kappa shape index (κ1) is 15.9. The Kier molecular flexibility index (Phi) is 8.46. The highest BCUT2D eigenvalue weighted by atomic mass is 35.5. The summed E-state index contributed by atoms with van der Waals surface area (Å²) in [5.41, 5.74) is 1.89. The van der Waals surface area contributed by atoms with E-state index in [9.17, 15) is 4.79 Å². The van der Waals surface area contributed by atoms with Gasteiger partial charge in [0.25, 0.3) is 5.91 Å². The van der Waals surface area contributed by atoms with Crippen molar-refractivity contribution in [2.45, 2.75) is 20.3 Å². The summed E-state index contributed by atoms with van der Waals surface area (Å²) in [6, 6.07) is 7.74. The van der Waals surface area contributed by atoms with E-state index in [-0.39, 0.29) is 18.3 Å². The van der Waals surface area contributed by atoms with E-state index in [1.807, 2.05) is 31.2 Å². The van der Waals surface area contributed by atoms with Crippen LogP contribution in [0.4, 0.5) is 0 Å². The van der Waals surface area contributed by atoms with Gasteiger partial charge in [0.1, 0.15) is 0 Å². The number of aryl methyl sites for hydroxylation is 1. The van der Waals surface area contributed by atoms with Crippen LogP contribution in [0.25, 0.3) is 0 Å². The second kappa shape index (κ2) is 9.02. The number of carbonyl (C=O) groups is 1. The number of nitrogens with one attached hydrogen (secondary N) is 2. The van der Waals surface area contributed by atoms with E-state index < -0.39 is 0 Å². The first-order valence-electron chi connectivity index (χ1n) is 5.86. The summed E-state index contributed by atoms with van der Waals surface area (Å²) in [5.74, 6) is 0.0235. The van der Waals surface area contributed by atoms with Crippen LogP contribution >= 0.6 is 12.4 Å². The first-order chi connectivity index (χ1) is 7.79. The van der Waals surface area contributed by atoms with E-state index in [0.29, 0.717) is 6.54 Å². The van der Waals surface area contributed by atoms with E-state index in [1.54, 1.807) is 0 Å². The number of carbonyl (C=O) groups excluding carboxylic acids is 1. The minimum Gasteiger partial charge on any atom is -0.351 e. The van der Waals surface area contributed by atoms with Crippen LogP contribution in [0, 0.1) is 0 Å². The Labute approximate surface area is 109 Å². The van der Waals surface area contributed by atoms with Crippen molar-refractivity contribution < 1.29 is 4.79 Å². The van der Waals surface area contributed by atoms with Gasteiger partial charge in [0.05, 0.1) is 0 Å². The number of amides is 1. The average molecular weight is 257 g/mol. The van der Waals surface area contributed by atoms with Gasteiger partial charge >= 0.3 is 0 Å². The van der Waals surface area contributed by atoms with E-state index in [2.05, 4.69) is 17.6 Å². The molecular weight excluding hydrogens is 236 g/mol. The van der Waals surface area contributed by atoms with Crippen molar-refractivity contribution in [3.63, 3.8) is 0 Å². The summed E-state index contributed by atoms with van der Waals surface area (Å²) >= 11 is 0. The minimum absolute atomic E-state index is 0. The van der Waals surface area contributed by atoms with E-state index >= 15 is 0 Å². The lowest BCUT2D eigenvalue weighted by molar-refractivity contribution is 0.0953. The number of hydrogen-bond donors (Lipinski definition) is 2. The lowest BCUT2D eigenvalue weighted by Gasteiger charge is -2.08. The van der Waals surface area contributed by atoms with Crippen molar-refractivity contribution >= 4 is 18.3 Å². The lowest BCUT2D eigenvalue weighted by Crippen LogP contribution is -2.32. The molecule has 0 saturated carbocycles. The number of rotatable bonds is 6. The van der Waals surface area contributed by atoms with Gasteiger partial charge in [0.2, 0.25) is 0 Å². The molecule has 0 fully saturated rings. The van der Waals surface area contributed by atoms with E-state index in [4.69, 9.17) is 0 Å². The zero-order valence-corrected chi connectivity index (χ0v) is 11.3. The van der Waals surface area contributed by atoms with Gasteiger partial charge in [-0.1, -0.05) is 32.0 Å². The minimum atomic E-state index is 0. The van der Waals surface area contributed by atoms with Crippen molar-refractivity contribution in [3.8, 4) is 0 Å². The summed E-state index contributed by atoms with van der Waals surface area (Å²) in [7, 11) is 0. The van der Waals surface area contributed by atoms with Gasteiger partial charge < -0.3 is 10.6 Å². The van der Waals surface area contributed by atoms with Gasteiger partial charge in [-0.05, 0) is 24.6 Å². The molecule has 1 rings (SSSR count). The Balaban J connectivity index is 0.00000256. The number of benzene rings is 1. The molecule has 4 heteroatoms. The van der Waals surface area contributed by atoms with Gasteiger partial charge in [-0.15, -0.1) is 12.4 Å². The van der Waals surface area contributed by atoms with Crippen molar-refractivity contribution in [2.75, 3.05) is 19.6 Å². The third kappa shape index (κ3) is 5.20. The maximum atomic E-state index is 11.8. The summed E-state index contributed by atoms with van der Waals surface area (Å²) in [6.45, 7) is 6.53. The Bertz CT molecular complexity index is 342. The molecule has 3 nitrogen and oxygen atoms in total. The Morgan fingerprint density at radius 3 is 2.53 bits per heavy atom. The fraction of sp³-hybridized carbons (Fsp3) is 0.462. The SMILES string of the molecule is CCNCCNC(=O)c1ccccc1CC.Cl. The highest BCUT2D eigenvalue weighted by molar-refractivity contribution is 5.95. The molecular formula is C13H21ClN2O. The predicted molar refractivity (Wildman–Crippen MR) is 73.9 cm³/mol. The number of likely N-dealkylation sites (N-methyl/N-ethyl adjacent to an activating group) is 1. The van der Waals surface area contributed by atoms with Crippen LogP contribution < -0.4 is 10.6 Å². The van der Waals surface area contributed by atoms with Crippen molar-refractivity contribution in [1.29, 1.82) is 0 Å². The molecule has 0 aliphatic rings. The zero-order valence-electron chi connectivity index (χ0n) is 10.5. The molecule has 17 heavy (non-hydrogen) atoms. The van der Waals surface area contributed by atoms with Crippen LogP contribution in [-0.2, 0) is 6.42 Å². The fourth-order valence-corrected chi connectivity index (χ4v) is 1.59.